The van der Waals surface area contributed by atoms with E-state index < -0.39 is 33.6 Å². The van der Waals surface area contributed by atoms with E-state index >= 15 is 0 Å². The Bertz CT molecular complexity index is 737. The minimum Gasteiger partial charge on any atom is -0.265 e. The van der Waals surface area contributed by atoms with Gasteiger partial charge in [0.05, 0.1) is 11.1 Å². The molecule has 0 aromatic carbocycles. The molecule has 0 aliphatic heterocycles. The van der Waals surface area contributed by atoms with Crippen LogP contribution in [0.15, 0.2) is 17.2 Å². The van der Waals surface area contributed by atoms with Gasteiger partial charge in [0, 0.05) is 7.05 Å². The summed E-state index contributed by atoms with van der Waals surface area (Å²) in [5.74, 6) is -1.01. The van der Waals surface area contributed by atoms with Gasteiger partial charge < -0.3 is 0 Å². The Labute approximate surface area is 130 Å². The van der Waals surface area contributed by atoms with Gasteiger partial charge in [-0.25, -0.2) is 5.43 Å². The first-order valence-corrected chi connectivity index (χ1v) is 6.78. The molecule has 1 N–H and O–H groups in total. The van der Waals surface area contributed by atoms with Gasteiger partial charge in [0.25, 0.3) is 5.91 Å². The van der Waals surface area contributed by atoms with Gasteiger partial charge in [0.2, 0.25) is 0 Å². The summed E-state index contributed by atoms with van der Waals surface area (Å²) in [6.45, 7) is 0. The van der Waals surface area contributed by atoms with Crippen LogP contribution in [-0.4, -0.2) is 21.9 Å². The van der Waals surface area contributed by atoms with Crippen LogP contribution in [0.2, 0.25) is 5.02 Å². The number of aromatic nitrogens is 2. The Balaban J connectivity index is 2.15. The van der Waals surface area contributed by atoms with Crippen LogP contribution in [-0.2, 0) is 13.2 Å². The Morgan fingerprint density at radius 1 is 1.50 bits per heavy atom. The summed E-state index contributed by atoms with van der Waals surface area (Å²) in [6, 6.07) is 2.63. The molecule has 22 heavy (non-hydrogen) atoms. The summed E-state index contributed by atoms with van der Waals surface area (Å²) in [7, 11) is 1.02. The lowest BCUT2D eigenvalue weighted by molar-refractivity contribution is -0.143. The number of aryl methyl sites for hydroxylation is 1. The van der Waals surface area contributed by atoms with Crippen molar-refractivity contribution in [3.05, 3.63) is 38.6 Å². The lowest BCUT2D eigenvalue weighted by Gasteiger charge is -2.06. The number of thiophene rings is 1. The van der Waals surface area contributed by atoms with Crippen LogP contribution < -0.4 is 5.43 Å². The first-order chi connectivity index (χ1) is 10.2. The van der Waals surface area contributed by atoms with E-state index in [0.29, 0.717) is 9.56 Å². The van der Waals surface area contributed by atoms with Gasteiger partial charge in [0.1, 0.15) is 5.02 Å². The number of nitrogens with one attached hydrogen (secondary N) is 1. The van der Waals surface area contributed by atoms with Crippen LogP contribution >= 0.6 is 22.9 Å². The predicted molar refractivity (Wildman–Crippen MR) is 72.6 cm³/mol. The molecule has 2 aromatic heterocycles. The molecule has 0 bridgehead atoms. The number of carbonyl (C=O) groups is 1. The van der Waals surface area contributed by atoms with Crippen LogP contribution in [0.1, 0.15) is 21.1 Å². The summed E-state index contributed by atoms with van der Waals surface area (Å²) in [4.78, 5) is 12.1. The van der Waals surface area contributed by atoms with Gasteiger partial charge in [-0.15, -0.1) is 11.3 Å². The van der Waals surface area contributed by atoms with Crippen molar-refractivity contribution in [3.63, 3.8) is 0 Å². The maximum atomic E-state index is 12.7. The molecule has 0 radical (unpaired) electrons. The number of hydrogen-bond acceptors (Lipinski definition) is 4. The number of halogens is 5. The second kappa shape index (κ2) is 6.05. The van der Waals surface area contributed by atoms with Gasteiger partial charge in [-0.1, -0.05) is 11.6 Å². The Morgan fingerprint density at radius 2 is 2.18 bits per heavy atom. The smallest absolute Gasteiger partial charge is 0.265 e. The van der Waals surface area contributed by atoms with Crippen molar-refractivity contribution in [2.24, 2.45) is 12.1 Å². The van der Waals surface area contributed by atoms with Gasteiger partial charge >= 0.3 is 6.18 Å². The van der Waals surface area contributed by atoms with E-state index in [-0.39, 0.29) is 0 Å². The normalized spacial score (nSPS) is 12.1. The van der Waals surface area contributed by atoms with E-state index in [1.165, 1.54) is 12.1 Å². The van der Waals surface area contributed by atoms with E-state index in [2.05, 4.69) is 10.2 Å². The van der Waals surface area contributed by atoms with Crippen molar-refractivity contribution in [2.75, 3.05) is 0 Å². The number of hydrogen-bond donors (Lipinski definition) is 1. The molecule has 5 nitrogen and oxygen atoms in total. The SMILES string of the molecule is Cn1nc(C(=O)NN=Cc2ccc(F)s2)c(Cl)c1C(F)(F)F. The third kappa shape index (κ3) is 3.45. The minimum absolute atomic E-state index is 0.417. The number of amides is 1. The van der Waals surface area contributed by atoms with Gasteiger partial charge in [-0.2, -0.15) is 27.8 Å². The largest absolute Gasteiger partial charge is 0.434 e. The molecule has 0 saturated carbocycles. The van der Waals surface area contributed by atoms with Crippen LogP contribution in [0, 0.1) is 5.13 Å². The second-order valence-electron chi connectivity index (χ2n) is 3.97. The fraction of sp³-hybridized carbons (Fsp3) is 0.182. The van der Waals surface area contributed by atoms with Crippen LogP contribution in [0.3, 0.4) is 0 Å². The van der Waals surface area contributed by atoms with Crippen LogP contribution in [0.5, 0.6) is 0 Å². The summed E-state index contributed by atoms with van der Waals surface area (Å²) in [5.41, 5.74) is 0.138. The predicted octanol–water partition coefficient (Wildman–Crippen LogP) is 3.06. The maximum Gasteiger partial charge on any atom is 0.434 e. The average Bonchev–Trinajstić information content (AvgIpc) is 2.92. The monoisotopic (exact) mass is 354 g/mol. The molecule has 1 amide bonds. The number of alkyl halides is 3. The van der Waals surface area contributed by atoms with Crippen molar-refractivity contribution < 1.29 is 22.4 Å². The van der Waals surface area contributed by atoms with Crippen molar-refractivity contribution in [1.29, 1.82) is 0 Å². The van der Waals surface area contributed by atoms with Crippen molar-refractivity contribution in [3.8, 4) is 0 Å². The zero-order valence-corrected chi connectivity index (χ0v) is 12.4. The third-order valence-electron chi connectivity index (χ3n) is 2.42. The molecule has 0 aliphatic carbocycles. The Hall–Kier alpha value is -1.94. The Morgan fingerprint density at radius 3 is 2.68 bits per heavy atom. The highest BCUT2D eigenvalue weighted by atomic mass is 35.5. The summed E-state index contributed by atoms with van der Waals surface area (Å²) >= 11 is 6.33. The van der Waals surface area contributed by atoms with E-state index in [9.17, 15) is 22.4 Å². The van der Waals surface area contributed by atoms with Gasteiger partial charge in [-0.3, -0.25) is 9.48 Å². The zero-order valence-electron chi connectivity index (χ0n) is 10.8. The van der Waals surface area contributed by atoms with E-state index in [0.717, 1.165) is 24.6 Å². The molecule has 0 fully saturated rings. The first-order valence-electron chi connectivity index (χ1n) is 5.58. The zero-order chi connectivity index (χ0) is 16.5. The second-order valence-corrected chi connectivity index (χ2v) is 5.42. The molecule has 11 heteroatoms. The molecule has 0 aliphatic rings. The van der Waals surface area contributed by atoms with E-state index in [4.69, 9.17) is 11.6 Å². The number of hydrazone groups is 1. The molecular formula is C11H7ClF4N4OS. The van der Waals surface area contributed by atoms with Crippen molar-refractivity contribution in [2.45, 2.75) is 6.18 Å². The standard InChI is InChI=1S/C11H7ClF4N4OS/c1-20-9(11(14,15)16)7(12)8(19-20)10(21)18-17-4-5-2-3-6(13)22-5/h2-4H,1H3,(H,18,21). The molecule has 0 atom stereocenters. The fourth-order valence-corrected chi connectivity index (χ4v) is 2.51. The molecule has 2 aromatic rings. The highest BCUT2D eigenvalue weighted by Gasteiger charge is 2.39. The highest BCUT2D eigenvalue weighted by Crippen LogP contribution is 2.35. The van der Waals surface area contributed by atoms with Crippen molar-refractivity contribution in [1.82, 2.24) is 15.2 Å². The topological polar surface area (TPSA) is 59.3 Å². The molecule has 2 heterocycles. The highest BCUT2D eigenvalue weighted by molar-refractivity contribution is 7.12. The summed E-state index contributed by atoms with van der Waals surface area (Å²) in [5, 5.41) is 5.68. The molecule has 118 valence electrons. The Kier molecular flexibility index (Phi) is 4.52. The fourth-order valence-electron chi connectivity index (χ4n) is 1.56. The number of nitrogens with zero attached hydrogens (tertiary/aromatic N) is 3. The van der Waals surface area contributed by atoms with Gasteiger partial charge in [0.15, 0.2) is 16.5 Å². The van der Waals surface area contributed by atoms with Gasteiger partial charge in [-0.05, 0) is 12.1 Å². The number of rotatable bonds is 3. The third-order valence-corrected chi connectivity index (χ3v) is 3.59. The van der Waals surface area contributed by atoms with E-state index in [1.54, 1.807) is 0 Å². The minimum atomic E-state index is -4.74. The summed E-state index contributed by atoms with van der Waals surface area (Å²) < 4.78 is 51.4. The lowest BCUT2D eigenvalue weighted by atomic mass is 10.3. The average molecular weight is 355 g/mol. The quantitative estimate of drug-likeness (QED) is 0.523. The molecular weight excluding hydrogens is 348 g/mol. The molecule has 0 saturated heterocycles. The van der Waals surface area contributed by atoms with E-state index in [1.807, 2.05) is 5.43 Å². The first kappa shape index (κ1) is 16.4. The molecule has 0 spiro atoms. The number of carbonyl (C=O) groups excluding carboxylic acids is 1. The van der Waals surface area contributed by atoms with Crippen molar-refractivity contribution >= 4 is 35.1 Å². The van der Waals surface area contributed by atoms with Crippen LogP contribution in [0.25, 0.3) is 0 Å². The summed E-state index contributed by atoms with van der Waals surface area (Å²) in [6.07, 6.45) is -3.59. The molecule has 2 rings (SSSR count). The maximum absolute atomic E-state index is 12.7. The molecule has 0 unspecified atom stereocenters. The lowest BCUT2D eigenvalue weighted by Crippen LogP contribution is -2.18. The van der Waals surface area contributed by atoms with Crippen LogP contribution in [0.4, 0.5) is 17.6 Å².